The van der Waals surface area contributed by atoms with Crippen LogP contribution in [-0.4, -0.2) is 45.9 Å². The van der Waals surface area contributed by atoms with Crippen molar-refractivity contribution in [1.29, 1.82) is 0 Å². The first-order valence-corrected chi connectivity index (χ1v) is 13.0. The molecule has 10 nitrogen and oxygen atoms in total. The van der Waals surface area contributed by atoms with E-state index in [1.165, 1.54) is 0 Å². The number of fused-ring (bicyclic) bond motifs is 1. The number of hydrogen-bond donors (Lipinski definition) is 3. The summed E-state index contributed by atoms with van der Waals surface area (Å²) in [5.74, 6) is 1.78. The number of ether oxygens (including phenoxy) is 2. The van der Waals surface area contributed by atoms with Crippen molar-refractivity contribution in [3.63, 3.8) is 0 Å². The molecule has 202 valence electrons. The van der Waals surface area contributed by atoms with Gasteiger partial charge in [-0.05, 0) is 76.4 Å². The Bertz CT molecular complexity index is 1290. The van der Waals surface area contributed by atoms with Gasteiger partial charge in [0.25, 0.3) is 5.56 Å². The fourth-order valence-electron chi connectivity index (χ4n) is 4.26. The number of hydrogen-bond acceptors (Lipinski definition) is 8. The Morgan fingerprint density at radius 3 is 2.68 bits per heavy atom. The normalized spacial score (nSPS) is 13.7. The Kier molecular flexibility index (Phi) is 8.62. The third-order valence-electron chi connectivity index (χ3n) is 5.94. The van der Waals surface area contributed by atoms with Crippen molar-refractivity contribution in [3.8, 4) is 11.4 Å². The van der Waals surface area contributed by atoms with Crippen LogP contribution in [0.3, 0.4) is 0 Å². The molecule has 1 atom stereocenters. The second kappa shape index (κ2) is 12.1. The minimum Gasteiger partial charge on any atom is -0.494 e. The van der Waals surface area contributed by atoms with E-state index in [0.717, 1.165) is 24.3 Å². The molecule has 0 bridgehead atoms. The molecule has 0 fully saturated rings. The van der Waals surface area contributed by atoms with Gasteiger partial charge in [-0.3, -0.25) is 14.3 Å². The number of anilines is 1. The van der Waals surface area contributed by atoms with E-state index < -0.39 is 17.7 Å². The van der Waals surface area contributed by atoms with Crippen LogP contribution in [0.2, 0.25) is 0 Å². The third-order valence-corrected chi connectivity index (χ3v) is 5.94. The summed E-state index contributed by atoms with van der Waals surface area (Å²) in [7, 11) is 0. The van der Waals surface area contributed by atoms with Gasteiger partial charge in [0.05, 0.1) is 23.9 Å². The van der Waals surface area contributed by atoms with E-state index in [0.29, 0.717) is 42.5 Å². The van der Waals surface area contributed by atoms with Crippen molar-refractivity contribution in [2.45, 2.75) is 58.7 Å². The van der Waals surface area contributed by atoms with Crippen molar-refractivity contribution in [2.24, 2.45) is 0 Å². The van der Waals surface area contributed by atoms with Crippen molar-refractivity contribution >= 4 is 11.9 Å². The van der Waals surface area contributed by atoms with Crippen LogP contribution in [0.25, 0.3) is 5.69 Å². The van der Waals surface area contributed by atoms with Gasteiger partial charge in [0.15, 0.2) is 0 Å². The molecule has 3 N–H and O–H groups in total. The molecule has 1 aliphatic rings. The van der Waals surface area contributed by atoms with Gasteiger partial charge in [-0.15, -0.1) is 0 Å². The van der Waals surface area contributed by atoms with Gasteiger partial charge in [0, 0.05) is 32.0 Å². The average molecular weight is 521 g/mol. The fraction of sp³-hybridized carbons (Fsp3) is 0.429. The molecular weight excluding hydrogens is 484 g/mol. The lowest BCUT2D eigenvalue weighted by molar-refractivity contribution is 0.0521. The van der Waals surface area contributed by atoms with Crippen LogP contribution >= 0.6 is 0 Å². The summed E-state index contributed by atoms with van der Waals surface area (Å²) in [4.78, 5) is 35.5. The number of aromatic nitrogens is 3. The van der Waals surface area contributed by atoms with Gasteiger partial charge in [-0.2, -0.15) is 0 Å². The first kappa shape index (κ1) is 27.1. The first-order chi connectivity index (χ1) is 18.2. The predicted molar refractivity (Wildman–Crippen MR) is 146 cm³/mol. The summed E-state index contributed by atoms with van der Waals surface area (Å²) in [5, 5.41) is 9.58. The molecule has 1 aliphatic heterocycles. The minimum absolute atomic E-state index is 0.133. The zero-order chi connectivity index (χ0) is 27.1. The number of benzene rings is 1. The van der Waals surface area contributed by atoms with Crippen LogP contribution < -0.4 is 26.2 Å². The molecule has 1 amide bonds. The van der Waals surface area contributed by atoms with Crippen LogP contribution in [0.4, 0.5) is 10.6 Å². The molecule has 4 rings (SSSR count). The van der Waals surface area contributed by atoms with E-state index in [4.69, 9.17) is 14.5 Å². The molecule has 0 saturated heterocycles. The maximum absolute atomic E-state index is 13.9. The molecule has 0 spiro atoms. The zero-order valence-corrected chi connectivity index (χ0v) is 22.4. The van der Waals surface area contributed by atoms with Crippen LogP contribution in [-0.2, 0) is 17.7 Å². The topological polar surface area (TPSA) is 119 Å². The monoisotopic (exact) mass is 520 g/mol. The highest BCUT2D eigenvalue weighted by Gasteiger charge is 2.26. The summed E-state index contributed by atoms with van der Waals surface area (Å²) in [6.45, 7) is 9.26. The van der Waals surface area contributed by atoms with Crippen molar-refractivity contribution in [2.75, 3.05) is 25.0 Å². The maximum atomic E-state index is 13.9. The lowest BCUT2D eigenvalue weighted by Gasteiger charge is -2.27. The second-order valence-electron chi connectivity index (χ2n) is 10.1. The summed E-state index contributed by atoms with van der Waals surface area (Å²) >= 11 is 0. The molecule has 10 heteroatoms. The van der Waals surface area contributed by atoms with E-state index in [2.05, 4.69) is 20.9 Å². The number of nitrogens with zero attached hydrogens (tertiary/aromatic N) is 3. The van der Waals surface area contributed by atoms with E-state index in [1.54, 1.807) is 17.0 Å². The molecule has 1 aromatic carbocycles. The minimum atomic E-state index is -0.638. The van der Waals surface area contributed by atoms with E-state index in [9.17, 15) is 9.59 Å². The summed E-state index contributed by atoms with van der Waals surface area (Å²) in [5.41, 5.74) is 1.51. The molecule has 3 aromatic rings. The summed E-state index contributed by atoms with van der Waals surface area (Å²) in [6, 6.07) is 10.7. The van der Waals surface area contributed by atoms with Gasteiger partial charge < -0.3 is 25.4 Å². The number of rotatable bonds is 9. The van der Waals surface area contributed by atoms with Gasteiger partial charge in [-0.1, -0.05) is 6.07 Å². The van der Waals surface area contributed by atoms with Crippen LogP contribution in [0.5, 0.6) is 5.75 Å². The maximum Gasteiger partial charge on any atom is 0.407 e. The Morgan fingerprint density at radius 1 is 1.21 bits per heavy atom. The summed E-state index contributed by atoms with van der Waals surface area (Å²) < 4.78 is 12.7. The Hall–Kier alpha value is -3.92. The number of alkyl carbamates (subject to hydrolysis) is 1. The first-order valence-electron chi connectivity index (χ1n) is 13.0. The van der Waals surface area contributed by atoms with Gasteiger partial charge >= 0.3 is 6.09 Å². The van der Waals surface area contributed by atoms with Crippen molar-refractivity contribution in [3.05, 3.63) is 76.1 Å². The highest BCUT2D eigenvalue weighted by molar-refractivity contribution is 5.67. The Labute approximate surface area is 222 Å². The fourth-order valence-corrected chi connectivity index (χ4v) is 4.26. The largest absolute Gasteiger partial charge is 0.494 e. The number of carbonyl (C=O) groups excluding carboxylic acids is 1. The average Bonchev–Trinajstić information content (AvgIpc) is 2.89. The summed E-state index contributed by atoms with van der Waals surface area (Å²) in [6.07, 6.45) is 4.44. The quantitative estimate of drug-likeness (QED) is 0.390. The number of carbonyl (C=O) groups is 1. The van der Waals surface area contributed by atoms with E-state index in [-0.39, 0.29) is 12.1 Å². The van der Waals surface area contributed by atoms with Crippen LogP contribution in [0, 0.1) is 0 Å². The molecule has 0 unspecified atom stereocenters. The second-order valence-corrected chi connectivity index (χ2v) is 10.1. The van der Waals surface area contributed by atoms with Crippen molar-refractivity contribution < 1.29 is 14.3 Å². The van der Waals surface area contributed by atoms with E-state index in [1.807, 2.05) is 64.1 Å². The molecule has 0 radical (unpaired) electrons. The standard InChI is InChI=1S/C28H36N6O4/c1-5-37-21-12-10-20(11-13-21)34-25(33-24-22(26(34)35)9-7-15-30-24)23(18-32-27(36)38-28(2,3)4)31-17-19-8-6-14-29-16-19/h6,8,10-14,16,23,30-31H,5,7,9,15,17-18H2,1-4H3,(H,32,36)/t23-/m1/s1. The predicted octanol–water partition coefficient (Wildman–Crippen LogP) is 3.74. The molecule has 38 heavy (non-hydrogen) atoms. The molecule has 0 saturated carbocycles. The van der Waals surface area contributed by atoms with Gasteiger partial charge in [-0.25, -0.2) is 9.78 Å². The molecule has 0 aliphatic carbocycles. The zero-order valence-electron chi connectivity index (χ0n) is 22.4. The number of nitrogens with one attached hydrogen (secondary N) is 3. The highest BCUT2D eigenvalue weighted by atomic mass is 16.6. The Balaban J connectivity index is 1.75. The molecule has 2 aromatic heterocycles. The third kappa shape index (κ3) is 6.89. The Morgan fingerprint density at radius 2 is 2.00 bits per heavy atom. The number of pyridine rings is 1. The van der Waals surface area contributed by atoms with Crippen molar-refractivity contribution in [1.82, 2.24) is 25.2 Å². The van der Waals surface area contributed by atoms with Crippen LogP contribution in [0.15, 0.2) is 53.6 Å². The smallest absolute Gasteiger partial charge is 0.407 e. The van der Waals surface area contributed by atoms with Gasteiger partial charge in [0.2, 0.25) is 0 Å². The SMILES string of the molecule is CCOc1ccc(-n2c([C@@H](CNC(=O)OC(C)(C)C)NCc3cccnc3)nc3c(c2=O)CCCN3)cc1. The molecule has 3 heterocycles. The molecular formula is C28H36N6O4. The lowest BCUT2D eigenvalue weighted by Crippen LogP contribution is -2.41. The van der Waals surface area contributed by atoms with E-state index >= 15 is 0 Å². The lowest BCUT2D eigenvalue weighted by atomic mass is 10.1. The van der Waals surface area contributed by atoms with Gasteiger partial charge in [0.1, 0.15) is 23.0 Å². The van der Waals surface area contributed by atoms with Crippen LogP contribution in [0.1, 0.15) is 57.1 Å². The highest BCUT2D eigenvalue weighted by Crippen LogP contribution is 2.24. The number of amides is 1.